The number of hydrogen-bond donors (Lipinski definition) is 1. The van der Waals surface area contributed by atoms with Crippen molar-refractivity contribution in [2.45, 2.75) is 38.3 Å². The summed E-state index contributed by atoms with van der Waals surface area (Å²) in [5, 5.41) is 0.604. The molecule has 1 aliphatic heterocycles. The van der Waals surface area contributed by atoms with Gasteiger partial charge in [-0.3, -0.25) is 4.79 Å². The second-order valence-corrected chi connectivity index (χ2v) is 6.47. The number of carbonyl (C=O) groups is 1. The third-order valence-corrected chi connectivity index (χ3v) is 4.70. The second-order valence-electron chi connectivity index (χ2n) is 6.06. The molecule has 0 saturated carbocycles. The summed E-state index contributed by atoms with van der Waals surface area (Å²) < 4.78 is 5.78. The van der Waals surface area contributed by atoms with E-state index in [-0.39, 0.29) is 18.0 Å². The van der Waals surface area contributed by atoms with Gasteiger partial charge in [0.2, 0.25) is 0 Å². The van der Waals surface area contributed by atoms with Gasteiger partial charge in [-0.2, -0.15) is 0 Å². The van der Waals surface area contributed by atoms with Gasteiger partial charge in [0.25, 0.3) is 5.91 Å². The number of nitrogens with zero attached hydrogens (tertiary/aromatic N) is 1. The third-order valence-electron chi connectivity index (χ3n) is 4.37. The molecule has 0 bridgehead atoms. The molecule has 2 N–H and O–H groups in total. The number of piperidine rings is 1. The molecule has 5 heteroatoms. The van der Waals surface area contributed by atoms with Gasteiger partial charge in [-0.05, 0) is 50.5 Å². The van der Waals surface area contributed by atoms with Crippen molar-refractivity contribution in [3.8, 4) is 11.3 Å². The van der Waals surface area contributed by atoms with Crippen molar-refractivity contribution in [2.24, 2.45) is 5.73 Å². The summed E-state index contributed by atoms with van der Waals surface area (Å²) in [7, 11) is 0. The topological polar surface area (TPSA) is 59.5 Å². The van der Waals surface area contributed by atoms with Crippen molar-refractivity contribution in [3.05, 3.63) is 47.2 Å². The number of hydrogen-bond acceptors (Lipinski definition) is 3. The maximum absolute atomic E-state index is 12.8. The van der Waals surface area contributed by atoms with Crippen LogP contribution in [-0.2, 0) is 0 Å². The number of carbonyl (C=O) groups excluding carboxylic acids is 1. The van der Waals surface area contributed by atoms with Crippen LogP contribution in [0.2, 0.25) is 5.02 Å². The van der Waals surface area contributed by atoms with Crippen molar-refractivity contribution in [1.82, 2.24) is 4.90 Å². The van der Waals surface area contributed by atoms with E-state index in [4.69, 9.17) is 21.8 Å². The summed E-state index contributed by atoms with van der Waals surface area (Å²) in [5.41, 5.74) is 6.84. The smallest absolute Gasteiger partial charge is 0.289 e. The molecule has 0 radical (unpaired) electrons. The average Bonchev–Trinajstić information content (AvgIpc) is 3.04. The van der Waals surface area contributed by atoms with Gasteiger partial charge in [0.15, 0.2) is 5.76 Å². The number of likely N-dealkylation sites (tertiary alicyclic amines) is 1. The molecule has 1 fully saturated rings. The van der Waals surface area contributed by atoms with Gasteiger partial charge in [0, 0.05) is 24.2 Å². The van der Waals surface area contributed by atoms with Crippen LogP contribution in [0.15, 0.2) is 40.8 Å². The Kier molecular flexibility index (Phi) is 4.74. The quantitative estimate of drug-likeness (QED) is 0.926. The first-order valence-electron chi connectivity index (χ1n) is 7.99. The predicted octanol–water partition coefficient (Wildman–Crippen LogP) is 3.94. The van der Waals surface area contributed by atoms with E-state index in [0.717, 1.165) is 31.4 Å². The molecule has 2 heterocycles. The first-order chi connectivity index (χ1) is 11.1. The molecule has 2 unspecified atom stereocenters. The van der Waals surface area contributed by atoms with E-state index >= 15 is 0 Å². The second kappa shape index (κ2) is 6.77. The first-order valence-corrected chi connectivity index (χ1v) is 8.37. The molecule has 2 aromatic rings. The highest BCUT2D eigenvalue weighted by Gasteiger charge is 2.31. The van der Waals surface area contributed by atoms with E-state index in [9.17, 15) is 4.79 Å². The fourth-order valence-corrected chi connectivity index (χ4v) is 3.39. The van der Waals surface area contributed by atoms with Crippen LogP contribution in [0.3, 0.4) is 0 Å². The fourth-order valence-electron chi connectivity index (χ4n) is 3.16. The Morgan fingerprint density at radius 1 is 1.30 bits per heavy atom. The molecule has 4 nitrogen and oxygen atoms in total. The van der Waals surface area contributed by atoms with Crippen LogP contribution in [0, 0.1) is 0 Å². The van der Waals surface area contributed by atoms with E-state index in [1.165, 1.54) is 0 Å². The summed E-state index contributed by atoms with van der Waals surface area (Å²) in [6.07, 6.45) is 3.06. The lowest BCUT2D eigenvalue weighted by atomic mass is 9.96. The van der Waals surface area contributed by atoms with Gasteiger partial charge < -0.3 is 15.1 Å². The molecule has 1 amide bonds. The summed E-state index contributed by atoms with van der Waals surface area (Å²) >= 11 is 6.19. The summed E-state index contributed by atoms with van der Waals surface area (Å²) in [5.74, 6) is 0.853. The molecule has 0 spiro atoms. The molecule has 23 heavy (non-hydrogen) atoms. The third kappa shape index (κ3) is 3.28. The zero-order chi connectivity index (χ0) is 16.4. The molecule has 1 saturated heterocycles. The number of benzene rings is 1. The van der Waals surface area contributed by atoms with Gasteiger partial charge in [0.1, 0.15) is 5.76 Å². The van der Waals surface area contributed by atoms with E-state index in [1.54, 1.807) is 18.2 Å². The Balaban J connectivity index is 1.85. The Hall–Kier alpha value is -1.78. The summed E-state index contributed by atoms with van der Waals surface area (Å²) in [6, 6.07) is 11.0. The van der Waals surface area contributed by atoms with Crippen LogP contribution in [0.25, 0.3) is 11.3 Å². The van der Waals surface area contributed by atoms with E-state index < -0.39 is 0 Å². The molecule has 3 rings (SSSR count). The largest absolute Gasteiger partial charge is 0.451 e. The number of rotatable bonds is 3. The van der Waals surface area contributed by atoms with Gasteiger partial charge in [-0.15, -0.1) is 0 Å². The van der Waals surface area contributed by atoms with E-state index in [2.05, 4.69) is 0 Å². The highest BCUT2D eigenvalue weighted by molar-refractivity contribution is 6.33. The Morgan fingerprint density at radius 3 is 2.83 bits per heavy atom. The lowest BCUT2D eigenvalue weighted by Gasteiger charge is -2.37. The number of halogens is 1. The molecule has 122 valence electrons. The zero-order valence-electron chi connectivity index (χ0n) is 13.2. The van der Waals surface area contributed by atoms with Crippen molar-refractivity contribution in [2.75, 3.05) is 6.54 Å². The van der Waals surface area contributed by atoms with Crippen molar-refractivity contribution < 1.29 is 9.21 Å². The fraction of sp³-hybridized carbons (Fsp3) is 0.389. The molecule has 0 aliphatic carbocycles. The Bertz CT molecular complexity index is 696. The van der Waals surface area contributed by atoms with Crippen LogP contribution in [-0.4, -0.2) is 29.4 Å². The lowest BCUT2D eigenvalue weighted by Crippen LogP contribution is -2.51. The zero-order valence-corrected chi connectivity index (χ0v) is 13.9. The SMILES string of the molecule is CC(N)C1CCCCN1C(=O)c1ccc(-c2ccccc2Cl)o1. The van der Waals surface area contributed by atoms with Crippen LogP contribution < -0.4 is 5.73 Å². The maximum Gasteiger partial charge on any atom is 0.289 e. The minimum absolute atomic E-state index is 0.0442. The number of amides is 1. The monoisotopic (exact) mass is 332 g/mol. The Morgan fingerprint density at radius 2 is 2.09 bits per heavy atom. The van der Waals surface area contributed by atoms with E-state index in [1.807, 2.05) is 30.0 Å². The van der Waals surface area contributed by atoms with E-state index in [0.29, 0.717) is 16.5 Å². The predicted molar refractivity (Wildman–Crippen MR) is 91.5 cm³/mol. The normalized spacial score (nSPS) is 19.6. The van der Waals surface area contributed by atoms with Gasteiger partial charge in [-0.1, -0.05) is 23.7 Å². The highest BCUT2D eigenvalue weighted by Crippen LogP contribution is 2.30. The molecule has 1 aliphatic rings. The van der Waals surface area contributed by atoms with Crippen LogP contribution in [0.1, 0.15) is 36.7 Å². The maximum atomic E-state index is 12.8. The minimum Gasteiger partial charge on any atom is -0.451 e. The van der Waals surface area contributed by atoms with Crippen LogP contribution >= 0.6 is 11.6 Å². The van der Waals surface area contributed by atoms with Crippen molar-refractivity contribution in [3.63, 3.8) is 0 Å². The molecule has 2 atom stereocenters. The first kappa shape index (κ1) is 16.1. The highest BCUT2D eigenvalue weighted by atomic mass is 35.5. The minimum atomic E-state index is -0.0923. The standard InChI is InChI=1S/C18H21ClN2O2/c1-12(20)15-8-4-5-11-21(15)18(22)17-10-9-16(23-17)13-6-2-3-7-14(13)19/h2-3,6-7,9-10,12,15H,4-5,8,11,20H2,1H3. The molecular weight excluding hydrogens is 312 g/mol. The van der Waals surface area contributed by atoms with Crippen molar-refractivity contribution >= 4 is 17.5 Å². The Labute approximate surface area is 141 Å². The average molecular weight is 333 g/mol. The lowest BCUT2D eigenvalue weighted by molar-refractivity contribution is 0.0552. The molecule has 1 aromatic heterocycles. The van der Waals surface area contributed by atoms with Gasteiger partial charge in [-0.25, -0.2) is 0 Å². The summed E-state index contributed by atoms with van der Waals surface area (Å²) in [4.78, 5) is 14.6. The molecular formula is C18H21ClN2O2. The molecule has 1 aromatic carbocycles. The van der Waals surface area contributed by atoms with Crippen LogP contribution in [0.4, 0.5) is 0 Å². The summed E-state index contributed by atoms with van der Waals surface area (Å²) in [6.45, 7) is 2.68. The van der Waals surface area contributed by atoms with Gasteiger partial charge in [0.05, 0.1) is 5.02 Å². The van der Waals surface area contributed by atoms with Gasteiger partial charge >= 0.3 is 0 Å². The van der Waals surface area contributed by atoms with Crippen LogP contribution in [0.5, 0.6) is 0 Å². The van der Waals surface area contributed by atoms with Crippen molar-refractivity contribution in [1.29, 1.82) is 0 Å². The number of nitrogens with two attached hydrogens (primary N) is 1. The number of furan rings is 1.